The molecule has 2 unspecified atom stereocenters. The maximum Gasteiger partial charge on any atom is 0.172 e. The van der Waals surface area contributed by atoms with Gasteiger partial charge in [0, 0.05) is 15.7 Å². The summed E-state index contributed by atoms with van der Waals surface area (Å²) in [6.45, 7) is 2.21. The molecule has 0 saturated carbocycles. The van der Waals surface area contributed by atoms with E-state index in [1.54, 1.807) is 17.8 Å². The Kier molecular flexibility index (Phi) is 4.36. The van der Waals surface area contributed by atoms with Gasteiger partial charge in [-0.05, 0) is 69.9 Å². The van der Waals surface area contributed by atoms with Crippen LogP contribution in [0.15, 0.2) is 53.4 Å². The summed E-state index contributed by atoms with van der Waals surface area (Å²) in [4.78, 5) is 13.9. The highest BCUT2D eigenvalue weighted by molar-refractivity contribution is 8.00. The van der Waals surface area contributed by atoms with Crippen molar-refractivity contribution in [3.63, 3.8) is 0 Å². The normalized spacial score (nSPS) is 20.0. The van der Waals surface area contributed by atoms with Gasteiger partial charge in [-0.2, -0.15) is 0 Å². The van der Waals surface area contributed by atoms with Crippen molar-refractivity contribution in [1.29, 1.82) is 0 Å². The van der Waals surface area contributed by atoms with Crippen molar-refractivity contribution < 1.29 is 9.18 Å². The van der Waals surface area contributed by atoms with Gasteiger partial charge in [-0.3, -0.25) is 4.79 Å². The smallest absolute Gasteiger partial charge is 0.172 e. The van der Waals surface area contributed by atoms with Crippen molar-refractivity contribution in [2.75, 3.05) is 0 Å². The van der Waals surface area contributed by atoms with Gasteiger partial charge in [0.1, 0.15) is 5.82 Å². The van der Waals surface area contributed by atoms with Gasteiger partial charge in [0.25, 0.3) is 0 Å². The Balaban J connectivity index is 1.65. The predicted octanol–water partition coefficient (Wildman–Crippen LogP) is 4.87. The first-order valence-corrected chi connectivity index (χ1v) is 10.8. The molecule has 28 heavy (non-hydrogen) atoms. The molecule has 5 rings (SSSR count). The molecule has 1 nitrogen and oxygen atoms in total. The van der Waals surface area contributed by atoms with Gasteiger partial charge < -0.3 is 0 Å². The van der Waals surface area contributed by atoms with Crippen molar-refractivity contribution in [3.05, 3.63) is 75.9 Å². The molecule has 0 radical (unpaired) electrons. The second-order valence-corrected chi connectivity index (χ2v) is 8.89. The number of carbonyl (C=O) groups is 1. The topological polar surface area (TPSA) is 17.1 Å². The van der Waals surface area contributed by atoms with Gasteiger partial charge in [-0.25, -0.2) is 4.39 Å². The van der Waals surface area contributed by atoms with Crippen LogP contribution in [-0.2, 0) is 6.42 Å². The molecule has 3 heteroatoms. The monoisotopic (exact) mass is 388 g/mol. The van der Waals surface area contributed by atoms with Crippen LogP contribution in [0.5, 0.6) is 0 Å². The molecule has 0 bridgehead atoms. The van der Waals surface area contributed by atoms with E-state index in [2.05, 4.69) is 49.4 Å². The van der Waals surface area contributed by atoms with E-state index < -0.39 is 0 Å². The molecule has 0 N–H and O–H groups in total. The van der Waals surface area contributed by atoms with Gasteiger partial charge in [0.2, 0.25) is 0 Å². The number of unbranched alkanes of at least 4 members (excludes halogenated alkanes) is 1. The third-order valence-corrected chi connectivity index (χ3v) is 7.12. The molecule has 140 valence electrons. The summed E-state index contributed by atoms with van der Waals surface area (Å²) in [6, 6.07) is 15.5. The van der Waals surface area contributed by atoms with Crippen LogP contribution in [0.2, 0.25) is 0 Å². The lowest BCUT2D eigenvalue weighted by Gasteiger charge is -2.29. The fraction of sp³-hybridized carbons (Fsp3) is 0.240. The van der Waals surface area contributed by atoms with Crippen LogP contribution < -0.4 is 10.4 Å². The number of aryl methyl sites for hydroxylation is 1. The molecule has 0 aromatic heterocycles. The lowest BCUT2D eigenvalue weighted by molar-refractivity contribution is 0.0950. The fourth-order valence-electron chi connectivity index (χ4n) is 4.32. The minimum Gasteiger partial charge on any atom is -0.293 e. The number of benzene rings is 3. The van der Waals surface area contributed by atoms with E-state index in [-0.39, 0.29) is 22.8 Å². The van der Waals surface area contributed by atoms with Crippen LogP contribution in [0.3, 0.4) is 0 Å². The highest BCUT2D eigenvalue weighted by atomic mass is 32.2. The van der Waals surface area contributed by atoms with E-state index in [9.17, 15) is 9.18 Å². The molecule has 1 aliphatic carbocycles. The predicted molar refractivity (Wildman–Crippen MR) is 115 cm³/mol. The number of ketones is 1. The lowest BCUT2D eigenvalue weighted by Crippen LogP contribution is -2.39. The van der Waals surface area contributed by atoms with Crippen LogP contribution >= 0.6 is 11.8 Å². The first-order valence-electron chi connectivity index (χ1n) is 9.90. The summed E-state index contributed by atoms with van der Waals surface area (Å²) in [5, 5.41) is 4.91. The minimum atomic E-state index is -0.349. The van der Waals surface area contributed by atoms with Gasteiger partial charge in [-0.1, -0.05) is 43.7 Å². The zero-order valence-corrected chi connectivity index (χ0v) is 16.6. The SMILES string of the molecule is CCCCc1cccc2cc3c(cc12)=CC1C(=O)c2cc(F)ccc2SC1C=3. The van der Waals surface area contributed by atoms with E-state index >= 15 is 0 Å². The van der Waals surface area contributed by atoms with E-state index in [1.807, 2.05) is 0 Å². The average Bonchev–Trinajstić information content (AvgIpc) is 2.70. The van der Waals surface area contributed by atoms with Crippen LogP contribution in [-0.4, -0.2) is 11.0 Å². The first kappa shape index (κ1) is 17.7. The molecule has 0 spiro atoms. The zero-order chi connectivity index (χ0) is 19.3. The highest BCUT2D eigenvalue weighted by Gasteiger charge is 2.35. The quantitative estimate of drug-likeness (QED) is 0.637. The Labute approximate surface area is 168 Å². The minimum absolute atomic E-state index is 0.0273. The van der Waals surface area contributed by atoms with Crippen molar-refractivity contribution in [3.8, 4) is 0 Å². The number of halogens is 1. The van der Waals surface area contributed by atoms with Crippen molar-refractivity contribution >= 4 is 40.5 Å². The van der Waals surface area contributed by atoms with Crippen LogP contribution in [0, 0.1) is 11.7 Å². The van der Waals surface area contributed by atoms with E-state index in [4.69, 9.17) is 0 Å². The second kappa shape index (κ2) is 6.89. The van der Waals surface area contributed by atoms with Crippen LogP contribution in [0.4, 0.5) is 4.39 Å². The Hall–Kier alpha value is -2.39. The molecule has 2 atom stereocenters. The van der Waals surface area contributed by atoms with E-state index in [0.717, 1.165) is 16.5 Å². The maximum absolute atomic E-state index is 13.7. The highest BCUT2D eigenvalue weighted by Crippen LogP contribution is 2.40. The summed E-state index contributed by atoms with van der Waals surface area (Å²) < 4.78 is 13.7. The number of rotatable bonds is 3. The van der Waals surface area contributed by atoms with Crippen LogP contribution in [0.25, 0.3) is 22.9 Å². The number of hydrogen-bond acceptors (Lipinski definition) is 2. The maximum atomic E-state index is 13.7. The van der Waals surface area contributed by atoms with E-state index in [0.29, 0.717) is 5.56 Å². The van der Waals surface area contributed by atoms with Gasteiger partial charge >= 0.3 is 0 Å². The lowest BCUT2D eigenvalue weighted by atomic mass is 9.87. The van der Waals surface area contributed by atoms with Crippen molar-refractivity contribution in [2.24, 2.45) is 5.92 Å². The van der Waals surface area contributed by atoms with Gasteiger partial charge in [-0.15, -0.1) is 11.8 Å². The Morgan fingerprint density at radius 1 is 1.04 bits per heavy atom. The summed E-state index contributed by atoms with van der Waals surface area (Å²) in [7, 11) is 0. The molecular weight excluding hydrogens is 367 g/mol. The molecule has 2 aliphatic rings. The fourth-order valence-corrected chi connectivity index (χ4v) is 5.61. The van der Waals surface area contributed by atoms with Gasteiger partial charge in [0.15, 0.2) is 5.78 Å². The summed E-state index contributed by atoms with van der Waals surface area (Å²) in [5.74, 6) is -0.551. The molecule has 1 aliphatic heterocycles. The molecule has 0 saturated heterocycles. The zero-order valence-electron chi connectivity index (χ0n) is 15.7. The van der Waals surface area contributed by atoms with Crippen molar-refractivity contribution in [2.45, 2.75) is 36.3 Å². The summed E-state index contributed by atoms with van der Waals surface area (Å²) in [5.41, 5.74) is 1.89. The van der Waals surface area contributed by atoms with Gasteiger partial charge in [0.05, 0.1) is 5.92 Å². The summed E-state index contributed by atoms with van der Waals surface area (Å²) in [6.07, 6.45) is 7.73. The molecular formula is C25H21FOS. The number of hydrogen-bond donors (Lipinski definition) is 0. The third kappa shape index (κ3) is 2.89. The largest absolute Gasteiger partial charge is 0.293 e. The molecule has 1 heterocycles. The second-order valence-electron chi connectivity index (χ2n) is 7.67. The number of fused-ring (bicyclic) bond motifs is 4. The molecule has 3 aromatic carbocycles. The van der Waals surface area contributed by atoms with Crippen molar-refractivity contribution in [1.82, 2.24) is 0 Å². The number of thioether (sulfide) groups is 1. The number of Topliss-reactive ketones (excluding diaryl/α,β-unsaturated/α-hetero) is 1. The number of carbonyl (C=O) groups excluding carboxylic acids is 1. The average molecular weight is 389 g/mol. The third-order valence-electron chi connectivity index (χ3n) is 5.80. The Morgan fingerprint density at radius 3 is 2.75 bits per heavy atom. The Bertz CT molecular complexity index is 1230. The van der Waals surface area contributed by atoms with Crippen LogP contribution in [0.1, 0.15) is 35.7 Å². The Morgan fingerprint density at radius 2 is 1.89 bits per heavy atom. The first-order chi connectivity index (χ1) is 13.6. The molecule has 0 fully saturated rings. The summed E-state index contributed by atoms with van der Waals surface area (Å²) >= 11 is 1.66. The standard InChI is InChI=1S/C25H21FOS/c1-2-3-5-15-6-4-7-16-10-17-13-24-21(12-18(17)11-20(15)16)25(27)22-14-19(26)8-9-23(22)28-24/h4,6-14,21,24H,2-3,5H2,1H3. The molecule has 3 aromatic rings. The molecule has 0 amide bonds. The van der Waals surface area contributed by atoms with E-state index in [1.165, 1.54) is 46.5 Å².